The van der Waals surface area contributed by atoms with E-state index in [0.717, 1.165) is 13.1 Å². The Kier molecular flexibility index (Phi) is 4.89. The van der Waals surface area contributed by atoms with E-state index in [-0.39, 0.29) is 12.7 Å². The van der Waals surface area contributed by atoms with Crippen LogP contribution in [0.1, 0.15) is 22.8 Å². The molecule has 1 N–H and O–H groups in total. The maximum atomic E-state index is 12.4. The molecule has 5 heteroatoms. The van der Waals surface area contributed by atoms with Gasteiger partial charge in [-0.2, -0.15) is 0 Å². The molecule has 1 heterocycles. The summed E-state index contributed by atoms with van der Waals surface area (Å²) in [5.74, 6) is 1.01. The number of anilines is 1. The highest BCUT2D eigenvalue weighted by molar-refractivity contribution is 5.97. The number of benzene rings is 2. The van der Waals surface area contributed by atoms with E-state index in [2.05, 4.69) is 36.2 Å². The van der Waals surface area contributed by atoms with Crippen molar-refractivity contribution in [2.45, 2.75) is 13.8 Å². The van der Waals surface area contributed by atoms with Crippen molar-refractivity contribution in [2.75, 3.05) is 31.3 Å². The van der Waals surface area contributed by atoms with Crippen LogP contribution in [0.4, 0.5) is 5.69 Å². The summed E-state index contributed by atoms with van der Waals surface area (Å²) in [6.45, 7) is 6.57. The van der Waals surface area contributed by atoms with Gasteiger partial charge in [0.1, 0.15) is 0 Å². The zero-order valence-electron chi connectivity index (χ0n) is 14.0. The first-order valence-electron chi connectivity index (χ1n) is 8.18. The highest BCUT2D eigenvalue weighted by Gasteiger charge is 2.21. The van der Waals surface area contributed by atoms with Crippen molar-refractivity contribution in [2.24, 2.45) is 0 Å². The fourth-order valence-electron chi connectivity index (χ4n) is 2.88. The Hall–Kier alpha value is -2.69. The summed E-state index contributed by atoms with van der Waals surface area (Å²) in [7, 11) is 0. The normalized spacial score (nSPS) is 12.1. The number of likely N-dealkylation sites (N-methyl/N-ethyl adjacent to an activating group) is 1. The van der Waals surface area contributed by atoms with Crippen LogP contribution in [-0.4, -0.2) is 32.3 Å². The van der Waals surface area contributed by atoms with Gasteiger partial charge in [0.15, 0.2) is 11.5 Å². The van der Waals surface area contributed by atoms with Gasteiger partial charge in [0.05, 0.1) is 5.56 Å². The molecule has 1 aliphatic rings. The van der Waals surface area contributed by atoms with Crippen LogP contribution in [0, 0.1) is 6.92 Å². The number of carbonyl (C=O) groups excluding carboxylic acids is 1. The number of nitrogens with one attached hydrogen (secondary N) is 1. The van der Waals surface area contributed by atoms with Gasteiger partial charge in [-0.3, -0.25) is 4.79 Å². The van der Waals surface area contributed by atoms with Crippen molar-refractivity contribution in [3.63, 3.8) is 0 Å². The van der Waals surface area contributed by atoms with Crippen LogP contribution < -0.4 is 19.7 Å². The SMILES string of the molecule is CCN(CCNC(=O)c1cccc2c1OCO2)c1ccccc1C. The lowest BCUT2D eigenvalue weighted by atomic mass is 10.1. The first-order chi connectivity index (χ1) is 11.7. The molecule has 0 fully saturated rings. The zero-order valence-corrected chi connectivity index (χ0v) is 14.0. The van der Waals surface area contributed by atoms with E-state index in [1.165, 1.54) is 11.3 Å². The molecular formula is C19H22N2O3. The molecule has 2 aromatic carbocycles. The minimum Gasteiger partial charge on any atom is -0.454 e. The number of ether oxygens (including phenoxy) is 2. The summed E-state index contributed by atoms with van der Waals surface area (Å²) in [4.78, 5) is 14.7. The topological polar surface area (TPSA) is 50.8 Å². The van der Waals surface area contributed by atoms with Gasteiger partial charge in [-0.1, -0.05) is 24.3 Å². The first-order valence-corrected chi connectivity index (χ1v) is 8.18. The summed E-state index contributed by atoms with van der Waals surface area (Å²) in [6.07, 6.45) is 0. The molecule has 24 heavy (non-hydrogen) atoms. The summed E-state index contributed by atoms with van der Waals surface area (Å²) in [5, 5.41) is 2.97. The van der Waals surface area contributed by atoms with Gasteiger partial charge in [0.2, 0.25) is 6.79 Å². The monoisotopic (exact) mass is 326 g/mol. The predicted molar refractivity (Wildman–Crippen MR) is 94.0 cm³/mol. The van der Waals surface area contributed by atoms with E-state index in [0.29, 0.717) is 23.6 Å². The Bertz CT molecular complexity index is 730. The molecule has 0 saturated heterocycles. The molecule has 0 atom stereocenters. The van der Waals surface area contributed by atoms with Gasteiger partial charge in [0.25, 0.3) is 5.91 Å². The molecule has 5 nitrogen and oxygen atoms in total. The van der Waals surface area contributed by atoms with Crippen LogP contribution in [0.2, 0.25) is 0 Å². The third-order valence-corrected chi connectivity index (χ3v) is 4.15. The van der Waals surface area contributed by atoms with Crippen molar-refractivity contribution in [3.8, 4) is 11.5 Å². The van der Waals surface area contributed by atoms with Gasteiger partial charge in [-0.25, -0.2) is 0 Å². The number of fused-ring (bicyclic) bond motifs is 1. The van der Waals surface area contributed by atoms with Crippen molar-refractivity contribution in [1.29, 1.82) is 0 Å². The van der Waals surface area contributed by atoms with Crippen molar-refractivity contribution < 1.29 is 14.3 Å². The molecule has 0 radical (unpaired) electrons. The fourth-order valence-corrected chi connectivity index (χ4v) is 2.88. The van der Waals surface area contributed by atoms with E-state index in [4.69, 9.17) is 9.47 Å². The molecule has 2 aromatic rings. The van der Waals surface area contributed by atoms with Gasteiger partial charge in [-0.15, -0.1) is 0 Å². The molecule has 0 aromatic heterocycles. The number of para-hydroxylation sites is 2. The van der Waals surface area contributed by atoms with Crippen LogP contribution in [0.3, 0.4) is 0 Å². The van der Waals surface area contributed by atoms with Gasteiger partial charge < -0.3 is 19.7 Å². The highest BCUT2D eigenvalue weighted by atomic mass is 16.7. The van der Waals surface area contributed by atoms with Crippen LogP contribution in [0.15, 0.2) is 42.5 Å². The number of hydrogen-bond acceptors (Lipinski definition) is 4. The van der Waals surface area contributed by atoms with Gasteiger partial charge in [0, 0.05) is 25.3 Å². The third kappa shape index (κ3) is 3.30. The van der Waals surface area contributed by atoms with Crippen LogP contribution >= 0.6 is 0 Å². The van der Waals surface area contributed by atoms with E-state index in [1.54, 1.807) is 18.2 Å². The molecule has 0 unspecified atom stereocenters. The molecule has 1 aliphatic heterocycles. The minimum atomic E-state index is -0.141. The number of amides is 1. The van der Waals surface area contributed by atoms with Crippen molar-refractivity contribution in [1.82, 2.24) is 5.32 Å². The van der Waals surface area contributed by atoms with Crippen LogP contribution in [0.25, 0.3) is 0 Å². The molecule has 0 bridgehead atoms. The molecule has 3 rings (SSSR count). The van der Waals surface area contributed by atoms with Crippen molar-refractivity contribution in [3.05, 3.63) is 53.6 Å². The first kappa shape index (κ1) is 16.2. The third-order valence-electron chi connectivity index (χ3n) is 4.15. The predicted octanol–water partition coefficient (Wildman–Crippen LogP) is 2.98. The number of rotatable bonds is 6. The van der Waals surface area contributed by atoms with Crippen LogP contribution in [0.5, 0.6) is 11.5 Å². The second-order valence-corrected chi connectivity index (χ2v) is 5.66. The number of aryl methyl sites for hydroxylation is 1. The van der Waals surface area contributed by atoms with E-state index in [9.17, 15) is 4.79 Å². The Balaban J connectivity index is 1.61. The molecule has 0 saturated carbocycles. The average molecular weight is 326 g/mol. The summed E-state index contributed by atoms with van der Waals surface area (Å²) in [6, 6.07) is 13.6. The lowest BCUT2D eigenvalue weighted by molar-refractivity contribution is 0.0950. The molecule has 1 amide bonds. The van der Waals surface area contributed by atoms with E-state index >= 15 is 0 Å². The summed E-state index contributed by atoms with van der Waals surface area (Å²) in [5.41, 5.74) is 2.95. The van der Waals surface area contributed by atoms with Crippen molar-refractivity contribution >= 4 is 11.6 Å². The Morgan fingerprint density at radius 1 is 1.17 bits per heavy atom. The Labute approximate surface area is 142 Å². The minimum absolute atomic E-state index is 0.141. The summed E-state index contributed by atoms with van der Waals surface area (Å²) >= 11 is 0. The average Bonchev–Trinajstić information content (AvgIpc) is 3.08. The maximum absolute atomic E-state index is 12.4. The van der Waals surface area contributed by atoms with Gasteiger partial charge >= 0.3 is 0 Å². The van der Waals surface area contributed by atoms with Crippen LogP contribution in [-0.2, 0) is 0 Å². The Morgan fingerprint density at radius 2 is 2.00 bits per heavy atom. The van der Waals surface area contributed by atoms with E-state index < -0.39 is 0 Å². The lowest BCUT2D eigenvalue weighted by Crippen LogP contribution is -2.35. The molecule has 0 aliphatic carbocycles. The standard InChI is InChI=1S/C19H22N2O3/c1-3-21(16-9-5-4-7-14(16)2)12-11-20-19(22)15-8-6-10-17-18(15)24-13-23-17/h4-10H,3,11-13H2,1-2H3,(H,20,22). The molecule has 126 valence electrons. The molecular weight excluding hydrogens is 304 g/mol. The number of carbonyl (C=O) groups is 1. The second kappa shape index (κ2) is 7.25. The second-order valence-electron chi connectivity index (χ2n) is 5.66. The largest absolute Gasteiger partial charge is 0.454 e. The smallest absolute Gasteiger partial charge is 0.255 e. The zero-order chi connectivity index (χ0) is 16.9. The Morgan fingerprint density at radius 3 is 2.79 bits per heavy atom. The highest BCUT2D eigenvalue weighted by Crippen LogP contribution is 2.35. The quantitative estimate of drug-likeness (QED) is 0.887. The number of hydrogen-bond donors (Lipinski definition) is 1. The fraction of sp³-hybridized carbons (Fsp3) is 0.316. The van der Waals surface area contributed by atoms with Gasteiger partial charge in [-0.05, 0) is 37.6 Å². The lowest BCUT2D eigenvalue weighted by Gasteiger charge is -2.25. The molecule has 0 spiro atoms. The maximum Gasteiger partial charge on any atom is 0.255 e. The van der Waals surface area contributed by atoms with E-state index in [1.807, 2.05) is 12.1 Å². The number of nitrogens with zero attached hydrogens (tertiary/aromatic N) is 1. The summed E-state index contributed by atoms with van der Waals surface area (Å²) < 4.78 is 10.7.